The zero-order chi connectivity index (χ0) is 18.8. The third-order valence-electron chi connectivity index (χ3n) is 4.01. The van der Waals surface area contributed by atoms with Crippen molar-refractivity contribution in [3.63, 3.8) is 0 Å². The molecule has 0 aliphatic heterocycles. The summed E-state index contributed by atoms with van der Waals surface area (Å²) in [6.07, 6.45) is 9.18. The van der Waals surface area contributed by atoms with Crippen molar-refractivity contribution in [1.29, 1.82) is 0 Å². The maximum Gasteiger partial charge on any atom is 0.125 e. The lowest BCUT2D eigenvalue weighted by atomic mass is 10.0. The number of hydrogen-bond acceptors (Lipinski definition) is 2. The molecule has 0 aliphatic carbocycles. The first kappa shape index (κ1) is 25.1. The summed E-state index contributed by atoms with van der Waals surface area (Å²) in [7, 11) is 3.35. The van der Waals surface area contributed by atoms with Crippen molar-refractivity contribution in [2.75, 3.05) is 14.2 Å². The second kappa shape index (κ2) is 18.2. The Morgan fingerprint density at radius 2 is 1.58 bits per heavy atom. The van der Waals surface area contributed by atoms with Gasteiger partial charge in [0.15, 0.2) is 0 Å². The average molecular weight is 339 g/mol. The SMILES string of the molecule is CC.CCCCCC(C)CC.CCCc1ccc(OC)cc1OC. The van der Waals surface area contributed by atoms with Gasteiger partial charge in [-0.15, -0.1) is 0 Å². The van der Waals surface area contributed by atoms with Crippen molar-refractivity contribution in [2.45, 2.75) is 86.5 Å². The third-order valence-corrected chi connectivity index (χ3v) is 4.01. The van der Waals surface area contributed by atoms with Crippen LogP contribution in [0, 0.1) is 5.92 Å². The molecule has 0 aromatic heterocycles. The maximum atomic E-state index is 5.26. The average Bonchev–Trinajstić information content (AvgIpc) is 2.64. The summed E-state index contributed by atoms with van der Waals surface area (Å²) < 4.78 is 10.4. The van der Waals surface area contributed by atoms with Gasteiger partial charge in [-0.3, -0.25) is 0 Å². The van der Waals surface area contributed by atoms with Gasteiger partial charge >= 0.3 is 0 Å². The minimum absolute atomic E-state index is 0.844. The molecule has 0 heterocycles. The van der Waals surface area contributed by atoms with Crippen LogP contribution in [-0.2, 0) is 6.42 Å². The number of hydrogen-bond donors (Lipinski definition) is 0. The van der Waals surface area contributed by atoms with Crippen LogP contribution in [0.3, 0.4) is 0 Å². The summed E-state index contributed by atoms with van der Waals surface area (Å²) in [6, 6.07) is 5.94. The number of methoxy groups -OCH3 is 2. The third kappa shape index (κ3) is 12.3. The second-order valence-corrected chi connectivity index (χ2v) is 5.94. The Balaban J connectivity index is 0. The van der Waals surface area contributed by atoms with Gasteiger partial charge in [0.1, 0.15) is 11.5 Å². The first-order chi connectivity index (χ1) is 11.6. The summed E-state index contributed by atoms with van der Waals surface area (Å²) in [5, 5.41) is 0. The summed E-state index contributed by atoms with van der Waals surface area (Å²) in [5.41, 5.74) is 1.24. The monoisotopic (exact) mass is 338 g/mol. The van der Waals surface area contributed by atoms with E-state index in [1.165, 1.54) is 37.7 Å². The van der Waals surface area contributed by atoms with E-state index in [-0.39, 0.29) is 0 Å². The van der Waals surface area contributed by atoms with Crippen molar-refractivity contribution in [3.8, 4) is 11.5 Å². The Bertz CT molecular complexity index is 374. The lowest BCUT2D eigenvalue weighted by Crippen LogP contribution is -1.92. The van der Waals surface area contributed by atoms with Gasteiger partial charge in [0, 0.05) is 6.07 Å². The van der Waals surface area contributed by atoms with E-state index in [2.05, 4.69) is 33.8 Å². The first-order valence-corrected chi connectivity index (χ1v) is 9.83. The van der Waals surface area contributed by atoms with Gasteiger partial charge in [0.25, 0.3) is 0 Å². The molecule has 0 saturated heterocycles. The highest BCUT2D eigenvalue weighted by molar-refractivity contribution is 5.40. The van der Waals surface area contributed by atoms with Crippen LogP contribution in [-0.4, -0.2) is 14.2 Å². The van der Waals surface area contributed by atoms with Crippen LogP contribution in [0.2, 0.25) is 0 Å². The predicted octanol–water partition coefficient (Wildman–Crippen LogP) is 7.30. The van der Waals surface area contributed by atoms with E-state index in [0.717, 1.165) is 30.3 Å². The number of rotatable bonds is 9. The van der Waals surface area contributed by atoms with Crippen LogP contribution in [0.1, 0.15) is 85.6 Å². The highest BCUT2D eigenvalue weighted by atomic mass is 16.5. The Morgan fingerprint density at radius 1 is 0.917 bits per heavy atom. The molecule has 2 heteroatoms. The molecule has 1 unspecified atom stereocenters. The minimum Gasteiger partial charge on any atom is -0.497 e. The van der Waals surface area contributed by atoms with Crippen molar-refractivity contribution in [3.05, 3.63) is 23.8 Å². The molecule has 0 fully saturated rings. The van der Waals surface area contributed by atoms with Crippen molar-refractivity contribution in [1.82, 2.24) is 0 Å². The van der Waals surface area contributed by atoms with Gasteiger partial charge in [-0.05, 0) is 24.0 Å². The number of ether oxygens (including phenoxy) is 2. The summed E-state index contributed by atoms with van der Waals surface area (Å²) in [6.45, 7) is 13.0. The molecule has 0 radical (unpaired) electrons. The zero-order valence-electron chi connectivity index (χ0n) is 17.6. The van der Waals surface area contributed by atoms with Crippen LogP contribution >= 0.6 is 0 Å². The molecule has 24 heavy (non-hydrogen) atoms. The van der Waals surface area contributed by atoms with E-state index < -0.39 is 0 Å². The standard InChI is InChI=1S/C11H16O2.C9H20.C2H6/c1-4-5-9-6-7-10(12-2)8-11(9)13-3;1-4-6-7-8-9(3)5-2;1-2/h6-8H,4-5H2,1-3H3;9H,4-8H2,1-3H3;1-2H3. The van der Waals surface area contributed by atoms with Crippen LogP contribution in [0.4, 0.5) is 0 Å². The highest BCUT2D eigenvalue weighted by Gasteiger charge is 2.03. The number of aryl methyl sites for hydroxylation is 1. The molecule has 0 bridgehead atoms. The number of unbranched alkanes of at least 4 members (excludes halogenated alkanes) is 2. The molecule has 0 amide bonds. The van der Waals surface area contributed by atoms with Crippen molar-refractivity contribution < 1.29 is 9.47 Å². The Kier molecular flexibility index (Phi) is 19.0. The van der Waals surface area contributed by atoms with E-state index >= 15 is 0 Å². The zero-order valence-corrected chi connectivity index (χ0v) is 17.6. The predicted molar refractivity (Wildman–Crippen MR) is 108 cm³/mol. The van der Waals surface area contributed by atoms with Crippen LogP contribution in [0.15, 0.2) is 18.2 Å². The van der Waals surface area contributed by atoms with Crippen molar-refractivity contribution >= 4 is 0 Å². The Labute approximate surface area is 152 Å². The molecule has 0 spiro atoms. The topological polar surface area (TPSA) is 18.5 Å². The quantitative estimate of drug-likeness (QED) is 0.440. The van der Waals surface area contributed by atoms with Crippen LogP contribution < -0.4 is 9.47 Å². The lowest BCUT2D eigenvalue weighted by molar-refractivity contribution is 0.391. The minimum atomic E-state index is 0.844. The highest BCUT2D eigenvalue weighted by Crippen LogP contribution is 2.25. The molecule has 142 valence electrons. The first-order valence-electron chi connectivity index (χ1n) is 9.83. The Hall–Kier alpha value is -1.18. The van der Waals surface area contributed by atoms with Crippen LogP contribution in [0.5, 0.6) is 11.5 Å². The molecule has 1 aromatic carbocycles. The molecule has 1 rings (SSSR count). The fourth-order valence-electron chi connectivity index (χ4n) is 2.27. The van der Waals surface area contributed by atoms with E-state index in [1.54, 1.807) is 14.2 Å². The number of benzene rings is 1. The van der Waals surface area contributed by atoms with Gasteiger partial charge in [0.05, 0.1) is 14.2 Å². The van der Waals surface area contributed by atoms with Crippen molar-refractivity contribution in [2.24, 2.45) is 5.92 Å². The maximum absolute atomic E-state index is 5.26. The lowest BCUT2D eigenvalue weighted by Gasteiger charge is -2.08. The van der Waals surface area contributed by atoms with Crippen LogP contribution in [0.25, 0.3) is 0 Å². The van der Waals surface area contributed by atoms with Gasteiger partial charge in [-0.1, -0.05) is 86.1 Å². The van der Waals surface area contributed by atoms with E-state index in [1.807, 2.05) is 26.0 Å². The fourth-order valence-corrected chi connectivity index (χ4v) is 2.27. The molecule has 0 N–H and O–H groups in total. The summed E-state index contributed by atoms with van der Waals surface area (Å²) >= 11 is 0. The smallest absolute Gasteiger partial charge is 0.125 e. The van der Waals surface area contributed by atoms with Gasteiger partial charge in [-0.25, -0.2) is 0 Å². The normalized spacial score (nSPS) is 10.7. The fraction of sp³-hybridized carbons (Fsp3) is 0.727. The molecule has 0 saturated carbocycles. The molecular weight excluding hydrogens is 296 g/mol. The van der Waals surface area contributed by atoms with E-state index in [0.29, 0.717) is 0 Å². The van der Waals surface area contributed by atoms with E-state index in [9.17, 15) is 0 Å². The van der Waals surface area contributed by atoms with Gasteiger partial charge in [0.2, 0.25) is 0 Å². The summed E-state index contributed by atoms with van der Waals surface area (Å²) in [4.78, 5) is 0. The molecular formula is C22H42O2. The molecule has 1 aromatic rings. The molecule has 2 nitrogen and oxygen atoms in total. The Morgan fingerprint density at radius 3 is 2.04 bits per heavy atom. The van der Waals surface area contributed by atoms with Gasteiger partial charge < -0.3 is 9.47 Å². The largest absolute Gasteiger partial charge is 0.497 e. The van der Waals surface area contributed by atoms with E-state index in [4.69, 9.17) is 9.47 Å². The molecule has 0 aliphatic rings. The molecule has 1 atom stereocenters. The second-order valence-electron chi connectivity index (χ2n) is 5.94. The summed E-state index contributed by atoms with van der Waals surface area (Å²) in [5.74, 6) is 2.72. The van der Waals surface area contributed by atoms with Gasteiger partial charge in [-0.2, -0.15) is 0 Å².